The van der Waals surface area contributed by atoms with Crippen LogP contribution in [0.1, 0.15) is 35.7 Å². The Balaban J connectivity index is 2.52. The molecule has 20 heavy (non-hydrogen) atoms. The zero-order chi connectivity index (χ0) is 14.7. The van der Waals surface area contributed by atoms with Crippen LogP contribution in [0.3, 0.4) is 0 Å². The van der Waals surface area contributed by atoms with Crippen LogP contribution in [0.2, 0.25) is 0 Å². The lowest BCUT2D eigenvalue weighted by molar-refractivity contribution is 0.0502. The van der Waals surface area contributed by atoms with Crippen molar-refractivity contribution >= 4 is 32.8 Å². The second kappa shape index (κ2) is 6.22. The number of aromatic nitrogens is 1. The number of H-pyrrole nitrogens is 1. The second-order valence-electron chi connectivity index (χ2n) is 4.71. The lowest BCUT2D eigenvalue weighted by Gasteiger charge is -2.09. The summed E-state index contributed by atoms with van der Waals surface area (Å²) in [5.74, 6) is -0.452. The van der Waals surface area contributed by atoms with E-state index in [1.807, 2.05) is 26.0 Å². The Kier molecular flexibility index (Phi) is 4.60. The van der Waals surface area contributed by atoms with E-state index in [1.54, 1.807) is 0 Å². The normalized spacial score (nSPS) is 10.8. The van der Waals surface area contributed by atoms with E-state index in [1.165, 1.54) is 6.07 Å². The number of fused-ring (bicyclic) bond motifs is 1. The van der Waals surface area contributed by atoms with Gasteiger partial charge in [-0.25, -0.2) is 4.79 Å². The van der Waals surface area contributed by atoms with Crippen molar-refractivity contribution in [3.8, 4) is 0 Å². The summed E-state index contributed by atoms with van der Waals surface area (Å²) in [5, 5.41) is 0.693. The third kappa shape index (κ3) is 3.10. The Bertz CT molecular complexity index is 706. The number of carbonyl (C=O) groups is 1. The number of hydrogen-bond acceptors (Lipinski definition) is 3. The smallest absolute Gasteiger partial charge is 0.339 e. The van der Waals surface area contributed by atoms with Gasteiger partial charge in [0.05, 0.1) is 17.7 Å². The summed E-state index contributed by atoms with van der Waals surface area (Å²) in [6.45, 7) is 4.33. The minimum atomic E-state index is -0.452. The van der Waals surface area contributed by atoms with Gasteiger partial charge in [0.15, 0.2) is 0 Å². The predicted octanol–water partition coefficient (Wildman–Crippen LogP) is 3.56. The summed E-state index contributed by atoms with van der Waals surface area (Å²) in [6.07, 6.45) is 1.77. The third-order valence-corrected chi connectivity index (χ3v) is 3.62. The van der Waals surface area contributed by atoms with Gasteiger partial charge in [-0.3, -0.25) is 4.79 Å². The number of unbranched alkanes of at least 4 members (excludes halogenated alkanes) is 1. The molecule has 1 aromatic carbocycles. The summed E-state index contributed by atoms with van der Waals surface area (Å²) in [7, 11) is 0. The molecule has 1 heterocycles. The van der Waals surface area contributed by atoms with Gasteiger partial charge in [-0.1, -0.05) is 13.3 Å². The van der Waals surface area contributed by atoms with Crippen molar-refractivity contribution in [2.75, 3.05) is 6.61 Å². The van der Waals surface area contributed by atoms with E-state index in [2.05, 4.69) is 20.9 Å². The molecule has 4 nitrogen and oxygen atoms in total. The van der Waals surface area contributed by atoms with E-state index in [0.717, 1.165) is 22.9 Å². The van der Waals surface area contributed by atoms with Gasteiger partial charge >= 0.3 is 5.97 Å². The fourth-order valence-electron chi connectivity index (χ4n) is 2.01. The maximum absolute atomic E-state index is 12.1. The van der Waals surface area contributed by atoms with Crippen molar-refractivity contribution in [3.05, 3.63) is 44.2 Å². The van der Waals surface area contributed by atoms with Crippen LogP contribution in [0.15, 0.2) is 27.5 Å². The Labute approximate surface area is 125 Å². The van der Waals surface area contributed by atoms with Gasteiger partial charge in [-0.15, -0.1) is 0 Å². The molecule has 1 N–H and O–H groups in total. The predicted molar refractivity (Wildman–Crippen MR) is 82.2 cm³/mol. The highest BCUT2D eigenvalue weighted by molar-refractivity contribution is 9.10. The van der Waals surface area contributed by atoms with Crippen LogP contribution in [-0.2, 0) is 4.74 Å². The quantitative estimate of drug-likeness (QED) is 0.685. The molecule has 0 bridgehead atoms. The van der Waals surface area contributed by atoms with Gasteiger partial charge in [0, 0.05) is 15.9 Å². The van der Waals surface area contributed by atoms with E-state index >= 15 is 0 Å². The number of aromatic amines is 1. The first-order valence-corrected chi connectivity index (χ1v) is 7.32. The van der Waals surface area contributed by atoms with E-state index in [4.69, 9.17) is 4.74 Å². The van der Waals surface area contributed by atoms with Crippen LogP contribution in [0, 0.1) is 6.92 Å². The molecule has 0 amide bonds. The molecule has 0 aliphatic rings. The number of halogens is 1. The molecule has 0 aliphatic carbocycles. The molecule has 0 saturated heterocycles. The van der Waals surface area contributed by atoms with Crippen LogP contribution in [0.5, 0.6) is 0 Å². The minimum Gasteiger partial charge on any atom is -0.462 e. The van der Waals surface area contributed by atoms with Crippen LogP contribution in [0.25, 0.3) is 10.9 Å². The molecular weight excluding hydrogens is 322 g/mol. The highest BCUT2D eigenvalue weighted by Crippen LogP contribution is 2.25. The number of nitrogens with one attached hydrogen (secondary N) is 1. The van der Waals surface area contributed by atoms with Gasteiger partial charge < -0.3 is 9.72 Å². The number of esters is 1. The van der Waals surface area contributed by atoms with Crippen molar-refractivity contribution in [2.24, 2.45) is 0 Å². The number of benzene rings is 1. The summed E-state index contributed by atoms with van der Waals surface area (Å²) in [4.78, 5) is 26.5. The molecule has 0 spiro atoms. The lowest BCUT2D eigenvalue weighted by Crippen LogP contribution is -2.13. The van der Waals surface area contributed by atoms with Crippen molar-refractivity contribution in [2.45, 2.75) is 26.7 Å². The lowest BCUT2D eigenvalue weighted by atomic mass is 10.1. The van der Waals surface area contributed by atoms with Crippen LogP contribution < -0.4 is 5.56 Å². The molecule has 0 aliphatic heterocycles. The van der Waals surface area contributed by atoms with Crippen molar-refractivity contribution in [3.63, 3.8) is 0 Å². The number of hydrogen-bond donors (Lipinski definition) is 1. The molecule has 0 fully saturated rings. The molecule has 0 saturated carbocycles. The zero-order valence-electron chi connectivity index (χ0n) is 11.5. The number of carbonyl (C=O) groups excluding carboxylic acids is 1. The third-order valence-electron chi connectivity index (χ3n) is 3.00. The summed E-state index contributed by atoms with van der Waals surface area (Å²) >= 11 is 3.41. The number of rotatable bonds is 4. The average Bonchev–Trinajstić information content (AvgIpc) is 2.39. The van der Waals surface area contributed by atoms with Crippen molar-refractivity contribution < 1.29 is 9.53 Å². The van der Waals surface area contributed by atoms with Crippen molar-refractivity contribution in [1.29, 1.82) is 0 Å². The van der Waals surface area contributed by atoms with Crippen LogP contribution in [-0.4, -0.2) is 17.6 Å². The minimum absolute atomic E-state index is 0.309. The number of pyridine rings is 1. The Morgan fingerprint density at radius 3 is 2.80 bits per heavy atom. The van der Waals surface area contributed by atoms with Gasteiger partial charge in [0.2, 0.25) is 5.56 Å². The van der Waals surface area contributed by atoms with Gasteiger partial charge in [-0.05, 0) is 47.0 Å². The standard InChI is InChI=1S/C15H16BrNO3/c1-3-4-5-20-15(19)11-8-13(18)17-14-10(11)6-9(2)7-12(14)16/h6-8H,3-5H2,1-2H3,(H,17,18). The maximum atomic E-state index is 12.1. The first kappa shape index (κ1) is 14.8. The Hall–Kier alpha value is -1.62. The van der Waals surface area contributed by atoms with E-state index in [-0.39, 0.29) is 5.56 Å². The fraction of sp³-hybridized carbons (Fsp3) is 0.333. The van der Waals surface area contributed by atoms with E-state index in [0.29, 0.717) is 23.1 Å². The maximum Gasteiger partial charge on any atom is 0.339 e. The Morgan fingerprint density at radius 1 is 1.35 bits per heavy atom. The van der Waals surface area contributed by atoms with Crippen LogP contribution >= 0.6 is 15.9 Å². The first-order chi connectivity index (χ1) is 9.52. The molecular formula is C15H16BrNO3. The topological polar surface area (TPSA) is 59.2 Å². The second-order valence-corrected chi connectivity index (χ2v) is 5.56. The highest BCUT2D eigenvalue weighted by Gasteiger charge is 2.15. The molecule has 5 heteroatoms. The summed E-state index contributed by atoms with van der Waals surface area (Å²) in [5.41, 5.74) is 1.61. The average molecular weight is 338 g/mol. The fourth-order valence-corrected chi connectivity index (χ4v) is 2.68. The van der Waals surface area contributed by atoms with Gasteiger partial charge in [0.25, 0.3) is 0 Å². The SMILES string of the molecule is CCCCOC(=O)c1cc(=O)[nH]c2c(Br)cc(C)cc12. The highest BCUT2D eigenvalue weighted by atomic mass is 79.9. The van der Waals surface area contributed by atoms with E-state index < -0.39 is 5.97 Å². The zero-order valence-corrected chi connectivity index (χ0v) is 13.0. The Morgan fingerprint density at radius 2 is 2.10 bits per heavy atom. The van der Waals surface area contributed by atoms with Gasteiger partial charge in [-0.2, -0.15) is 0 Å². The summed E-state index contributed by atoms with van der Waals surface area (Å²) in [6, 6.07) is 5.05. The molecule has 2 rings (SSSR count). The van der Waals surface area contributed by atoms with E-state index in [9.17, 15) is 9.59 Å². The van der Waals surface area contributed by atoms with Crippen LogP contribution in [0.4, 0.5) is 0 Å². The molecule has 0 radical (unpaired) electrons. The monoisotopic (exact) mass is 337 g/mol. The number of aryl methyl sites for hydroxylation is 1. The molecule has 0 unspecified atom stereocenters. The van der Waals surface area contributed by atoms with Gasteiger partial charge in [0.1, 0.15) is 0 Å². The molecule has 0 atom stereocenters. The number of ether oxygens (including phenoxy) is 1. The first-order valence-electron chi connectivity index (χ1n) is 6.53. The van der Waals surface area contributed by atoms with Crippen molar-refractivity contribution in [1.82, 2.24) is 4.98 Å². The summed E-state index contributed by atoms with van der Waals surface area (Å²) < 4.78 is 5.96. The largest absolute Gasteiger partial charge is 0.462 e. The molecule has 106 valence electrons. The molecule has 2 aromatic rings. The molecule has 1 aromatic heterocycles.